The number of aliphatic hydroxyl groups is 1. The van der Waals surface area contributed by atoms with Crippen molar-refractivity contribution in [3.63, 3.8) is 0 Å². The maximum Gasteiger partial charge on any atom is 0.417 e. The fourth-order valence-electron chi connectivity index (χ4n) is 4.50. The van der Waals surface area contributed by atoms with Gasteiger partial charge in [0.25, 0.3) is 0 Å². The molecule has 2 aromatic heterocycles. The lowest BCUT2D eigenvalue weighted by molar-refractivity contribution is -0.277. The number of alkyl halides is 3. The van der Waals surface area contributed by atoms with E-state index in [4.69, 9.17) is 11.6 Å². The SMILES string of the molecule is CC(C)CN(N)c1cc(-c2[nH]ncc2NC(=O)N2CCC(O)(C(F)(F)F)CC23CC3)ncc1N. The van der Waals surface area contributed by atoms with E-state index in [-0.39, 0.29) is 12.5 Å². The molecule has 34 heavy (non-hydrogen) atoms. The zero-order chi connectivity index (χ0) is 24.9. The molecule has 0 bridgehead atoms. The minimum Gasteiger partial charge on any atom is -0.396 e. The number of likely N-dealkylation sites (tertiary alicyclic amines) is 1. The van der Waals surface area contributed by atoms with Gasteiger partial charge < -0.3 is 26.1 Å². The second-order valence-electron chi connectivity index (χ2n) is 9.60. The van der Waals surface area contributed by atoms with Crippen LogP contribution in [-0.4, -0.2) is 61.6 Å². The van der Waals surface area contributed by atoms with Crippen molar-refractivity contribution in [2.24, 2.45) is 11.8 Å². The van der Waals surface area contributed by atoms with Crippen LogP contribution in [0.1, 0.15) is 39.5 Å². The Kier molecular flexibility index (Phi) is 5.88. The van der Waals surface area contributed by atoms with Crippen LogP contribution < -0.4 is 21.9 Å². The third-order valence-corrected chi connectivity index (χ3v) is 6.46. The van der Waals surface area contributed by atoms with Gasteiger partial charge in [-0.1, -0.05) is 13.8 Å². The molecule has 0 radical (unpaired) electrons. The maximum absolute atomic E-state index is 13.3. The smallest absolute Gasteiger partial charge is 0.396 e. The summed E-state index contributed by atoms with van der Waals surface area (Å²) in [6, 6.07) is 1.12. The van der Waals surface area contributed by atoms with Crippen molar-refractivity contribution in [3.8, 4) is 11.4 Å². The van der Waals surface area contributed by atoms with Crippen LogP contribution in [0.15, 0.2) is 18.5 Å². The number of pyridine rings is 1. The molecular weight excluding hydrogens is 453 g/mol. The van der Waals surface area contributed by atoms with Gasteiger partial charge in [0.2, 0.25) is 0 Å². The highest BCUT2D eigenvalue weighted by atomic mass is 19.4. The van der Waals surface area contributed by atoms with Gasteiger partial charge in [-0.25, -0.2) is 10.6 Å². The second kappa shape index (κ2) is 8.31. The number of nitrogens with one attached hydrogen (secondary N) is 2. The number of nitrogens with zero attached hydrogens (tertiary/aromatic N) is 4. The van der Waals surface area contributed by atoms with Crippen LogP contribution in [0.5, 0.6) is 0 Å². The summed E-state index contributed by atoms with van der Waals surface area (Å²) in [5, 5.41) is 21.2. The van der Waals surface area contributed by atoms with E-state index in [1.165, 1.54) is 22.3 Å². The van der Waals surface area contributed by atoms with Gasteiger partial charge in [-0.05, 0) is 24.8 Å². The molecule has 1 unspecified atom stereocenters. The number of aromatic nitrogens is 3. The Morgan fingerprint density at radius 3 is 2.68 bits per heavy atom. The molecule has 13 heteroatoms. The lowest BCUT2D eigenvalue weighted by Gasteiger charge is -2.45. The number of nitrogens with two attached hydrogens (primary N) is 2. The number of hydrogen-bond acceptors (Lipinski definition) is 7. The maximum atomic E-state index is 13.3. The molecular formula is C21H29F3N8O2. The lowest BCUT2D eigenvalue weighted by Crippen LogP contribution is -2.60. The molecule has 3 heterocycles. The zero-order valence-electron chi connectivity index (χ0n) is 19.0. The van der Waals surface area contributed by atoms with E-state index >= 15 is 0 Å². The number of anilines is 3. The van der Waals surface area contributed by atoms with Crippen LogP contribution >= 0.6 is 0 Å². The first-order valence-corrected chi connectivity index (χ1v) is 11.0. The van der Waals surface area contributed by atoms with Gasteiger partial charge in [-0.3, -0.25) is 10.1 Å². The number of carbonyl (C=O) groups is 1. The van der Waals surface area contributed by atoms with E-state index in [9.17, 15) is 23.1 Å². The largest absolute Gasteiger partial charge is 0.417 e. The van der Waals surface area contributed by atoms with E-state index in [0.717, 1.165) is 0 Å². The Morgan fingerprint density at radius 1 is 1.35 bits per heavy atom. The first kappa shape index (κ1) is 24.1. The van der Waals surface area contributed by atoms with Gasteiger partial charge in [0.05, 0.1) is 35.1 Å². The highest BCUT2D eigenvalue weighted by Gasteiger charge is 2.65. The van der Waals surface area contributed by atoms with Gasteiger partial charge in [-0.2, -0.15) is 18.3 Å². The summed E-state index contributed by atoms with van der Waals surface area (Å²) in [5.74, 6) is 6.44. The number of piperidine rings is 1. The summed E-state index contributed by atoms with van der Waals surface area (Å²) >= 11 is 0. The molecule has 7 N–H and O–H groups in total. The monoisotopic (exact) mass is 482 g/mol. The Balaban J connectivity index is 1.53. The average Bonchev–Trinajstić information content (AvgIpc) is 3.32. The van der Waals surface area contributed by atoms with E-state index < -0.39 is 36.2 Å². The van der Waals surface area contributed by atoms with E-state index in [0.29, 0.717) is 47.8 Å². The van der Waals surface area contributed by atoms with E-state index in [1.54, 1.807) is 6.07 Å². The molecule has 1 saturated heterocycles. The summed E-state index contributed by atoms with van der Waals surface area (Å²) in [7, 11) is 0. The van der Waals surface area contributed by atoms with Crippen LogP contribution in [0.4, 0.5) is 35.0 Å². The molecule has 2 fully saturated rings. The number of amides is 2. The normalized spacial score (nSPS) is 21.7. The number of urea groups is 1. The number of carbonyl (C=O) groups excluding carboxylic acids is 1. The molecule has 2 amide bonds. The predicted molar refractivity (Wildman–Crippen MR) is 121 cm³/mol. The van der Waals surface area contributed by atoms with Gasteiger partial charge >= 0.3 is 12.2 Å². The van der Waals surface area contributed by atoms with Gasteiger partial charge in [0.1, 0.15) is 5.69 Å². The molecule has 2 aliphatic rings. The zero-order valence-corrected chi connectivity index (χ0v) is 19.0. The summed E-state index contributed by atoms with van der Waals surface area (Å²) in [6.07, 6.45) is -2.18. The van der Waals surface area contributed by atoms with E-state index in [1.807, 2.05) is 13.8 Å². The first-order chi connectivity index (χ1) is 15.9. The molecule has 4 rings (SSSR count). The second-order valence-corrected chi connectivity index (χ2v) is 9.60. The topological polar surface area (TPSA) is 149 Å². The number of nitrogen functional groups attached to an aromatic ring is 1. The highest BCUT2D eigenvalue weighted by molar-refractivity contribution is 5.94. The Labute approximate surface area is 194 Å². The van der Waals surface area contributed by atoms with Gasteiger partial charge in [0.15, 0.2) is 5.60 Å². The van der Waals surface area contributed by atoms with Gasteiger partial charge in [-0.15, -0.1) is 0 Å². The molecule has 186 valence electrons. The summed E-state index contributed by atoms with van der Waals surface area (Å²) in [5.41, 5.74) is 4.35. The third-order valence-electron chi connectivity index (χ3n) is 6.46. The Hall–Kier alpha value is -3.06. The fourth-order valence-corrected chi connectivity index (χ4v) is 4.50. The number of aromatic amines is 1. The Bertz CT molecular complexity index is 1070. The fraction of sp³-hybridized carbons (Fsp3) is 0.571. The van der Waals surface area contributed by atoms with Crippen molar-refractivity contribution in [1.82, 2.24) is 20.1 Å². The molecule has 1 spiro atoms. The average molecular weight is 483 g/mol. The van der Waals surface area contributed by atoms with Crippen molar-refractivity contribution in [3.05, 3.63) is 18.5 Å². The minimum absolute atomic E-state index is 0.212. The van der Waals surface area contributed by atoms with Crippen molar-refractivity contribution in [2.45, 2.75) is 56.8 Å². The number of rotatable bonds is 5. The summed E-state index contributed by atoms with van der Waals surface area (Å²) in [4.78, 5) is 18.8. The van der Waals surface area contributed by atoms with E-state index in [2.05, 4.69) is 20.5 Å². The number of H-pyrrole nitrogens is 1. The quantitative estimate of drug-likeness (QED) is 0.325. The van der Waals surface area contributed by atoms with Crippen molar-refractivity contribution in [2.75, 3.05) is 29.1 Å². The van der Waals surface area contributed by atoms with Crippen molar-refractivity contribution < 1.29 is 23.1 Å². The molecule has 1 saturated carbocycles. The van der Waals surface area contributed by atoms with Crippen LogP contribution in [0.2, 0.25) is 0 Å². The first-order valence-electron chi connectivity index (χ1n) is 11.0. The van der Waals surface area contributed by atoms with Crippen molar-refractivity contribution in [1.29, 1.82) is 0 Å². The molecule has 1 aliphatic heterocycles. The number of hydrogen-bond donors (Lipinski definition) is 5. The van der Waals surface area contributed by atoms with Crippen LogP contribution in [0.25, 0.3) is 11.4 Å². The molecule has 1 aliphatic carbocycles. The Morgan fingerprint density at radius 2 is 2.06 bits per heavy atom. The predicted octanol–water partition coefficient (Wildman–Crippen LogP) is 2.84. The minimum atomic E-state index is -4.74. The highest BCUT2D eigenvalue weighted by Crippen LogP contribution is 2.55. The summed E-state index contributed by atoms with van der Waals surface area (Å²) < 4.78 is 40.0. The standard InChI is InChI=1S/C21H29F3N8O2/c1-12(2)10-32(26)16-7-14(27-8-13(16)25)17-15(9-28-30-17)29-18(33)31-6-5-20(34,21(22,23)24)11-19(31)3-4-19/h7-9,12,34H,3-6,10-11,25-26H2,1-2H3,(H,28,30)(H,29,33). The molecule has 2 aromatic rings. The number of hydrazine groups is 1. The van der Waals surface area contributed by atoms with Crippen LogP contribution in [0, 0.1) is 5.92 Å². The molecule has 0 aromatic carbocycles. The number of halogens is 3. The third kappa shape index (κ3) is 4.37. The van der Waals surface area contributed by atoms with Gasteiger partial charge in [0, 0.05) is 31.5 Å². The molecule has 1 atom stereocenters. The lowest BCUT2D eigenvalue weighted by atomic mass is 9.84. The molecule has 10 nitrogen and oxygen atoms in total. The van der Waals surface area contributed by atoms with Crippen LogP contribution in [0.3, 0.4) is 0 Å². The summed E-state index contributed by atoms with van der Waals surface area (Å²) in [6.45, 7) is 4.38. The van der Waals surface area contributed by atoms with Crippen LogP contribution in [-0.2, 0) is 0 Å². The van der Waals surface area contributed by atoms with Crippen molar-refractivity contribution >= 4 is 23.1 Å².